The monoisotopic (exact) mass is 439 g/mol. The summed E-state index contributed by atoms with van der Waals surface area (Å²) in [5.41, 5.74) is 2.10. The molecule has 1 aromatic carbocycles. The number of rotatable bonds is 5. The van der Waals surface area contributed by atoms with Gasteiger partial charge in [-0.25, -0.2) is 8.42 Å². The Balaban J connectivity index is 1.35. The predicted octanol–water partition coefficient (Wildman–Crippen LogP) is 3.68. The normalized spacial score (nSPS) is 19.0. The third-order valence-corrected chi connectivity index (χ3v) is 8.16. The first-order valence-corrected chi connectivity index (χ1v) is 12.5. The van der Waals surface area contributed by atoms with Crippen molar-refractivity contribution >= 4 is 22.0 Å². The number of benzene rings is 1. The molecule has 0 atom stereocenters. The first-order valence-electron chi connectivity index (χ1n) is 11.0. The van der Waals surface area contributed by atoms with Crippen LogP contribution >= 0.6 is 0 Å². The van der Waals surface area contributed by atoms with Crippen LogP contribution in [0.2, 0.25) is 0 Å². The molecule has 0 unspecified atom stereocenters. The molecule has 0 N–H and O–H groups in total. The van der Waals surface area contributed by atoms with Gasteiger partial charge in [-0.1, -0.05) is 37.5 Å². The molecular weight excluding hydrogens is 410 g/mol. The van der Waals surface area contributed by atoms with E-state index in [-0.39, 0.29) is 5.91 Å². The molecule has 2 aromatic rings. The van der Waals surface area contributed by atoms with E-state index >= 15 is 0 Å². The summed E-state index contributed by atoms with van der Waals surface area (Å²) in [6.07, 6.45) is 12.8. The van der Waals surface area contributed by atoms with E-state index in [0.717, 1.165) is 5.56 Å². The largest absolute Gasteiger partial charge is 0.337 e. The zero-order valence-corrected chi connectivity index (χ0v) is 18.5. The summed E-state index contributed by atoms with van der Waals surface area (Å²) in [5.74, 6) is 0.442. The lowest BCUT2D eigenvalue weighted by Gasteiger charge is -2.33. The van der Waals surface area contributed by atoms with E-state index in [1.165, 1.54) is 48.0 Å². The van der Waals surface area contributed by atoms with Gasteiger partial charge in [-0.15, -0.1) is 0 Å². The maximum atomic E-state index is 13.1. The van der Waals surface area contributed by atoms with Crippen LogP contribution in [0.5, 0.6) is 0 Å². The molecule has 1 saturated heterocycles. The fourth-order valence-electron chi connectivity index (χ4n) is 4.39. The number of aromatic nitrogens is 1. The number of carbonyl (C=O) groups excluding carboxylic acids is 1. The van der Waals surface area contributed by atoms with Gasteiger partial charge in [0.1, 0.15) is 0 Å². The van der Waals surface area contributed by atoms with Crippen LogP contribution in [-0.4, -0.2) is 54.7 Å². The van der Waals surface area contributed by atoms with Gasteiger partial charge < -0.3 is 4.90 Å². The van der Waals surface area contributed by atoms with Crippen LogP contribution in [0, 0.1) is 0 Å². The Hall–Kier alpha value is -2.51. The second-order valence-corrected chi connectivity index (χ2v) is 10.2. The van der Waals surface area contributed by atoms with E-state index < -0.39 is 10.0 Å². The molecule has 31 heavy (non-hydrogen) atoms. The molecule has 0 bridgehead atoms. The Morgan fingerprint density at radius 3 is 2.32 bits per heavy atom. The topological polar surface area (TPSA) is 70.6 Å². The van der Waals surface area contributed by atoms with Crippen LogP contribution in [0.25, 0.3) is 6.08 Å². The van der Waals surface area contributed by atoms with E-state index in [9.17, 15) is 13.2 Å². The van der Waals surface area contributed by atoms with Gasteiger partial charge in [0.2, 0.25) is 15.9 Å². The predicted molar refractivity (Wildman–Crippen MR) is 121 cm³/mol. The number of amides is 1. The van der Waals surface area contributed by atoms with Gasteiger partial charge in [0, 0.05) is 44.6 Å². The van der Waals surface area contributed by atoms with Gasteiger partial charge >= 0.3 is 0 Å². The van der Waals surface area contributed by atoms with Crippen LogP contribution in [0.4, 0.5) is 0 Å². The summed E-state index contributed by atoms with van der Waals surface area (Å²) in [6, 6.07) is 11.1. The minimum Gasteiger partial charge on any atom is -0.337 e. The third kappa shape index (κ3) is 5.22. The van der Waals surface area contributed by atoms with Gasteiger partial charge in [0.15, 0.2) is 0 Å². The molecule has 2 aliphatic rings. The van der Waals surface area contributed by atoms with Gasteiger partial charge in [-0.05, 0) is 54.2 Å². The van der Waals surface area contributed by atoms with Crippen molar-refractivity contribution in [2.24, 2.45) is 0 Å². The third-order valence-electron chi connectivity index (χ3n) is 6.25. The lowest BCUT2D eigenvalue weighted by Crippen LogP contribution is -2.50. The summed E-state index contributed by atoms with van der Waals surface area (Å²) in [4.78, 5) is 18.5. The Bertz CT molecular complexity index is 1010. The average Bonchev–Trinajstić information content (AvgIpc) is 2.84. The molecular formula is C24H29N3O3S. The maximum absolute atomic E-state index is 13.1. The maximum Gasteiger partial charge on any atom is 0.246 e. The molecule has 2 heterocycles. The Morgan fingerprint density at radius 2 is 1.68 bits per heavy atom. The van der Waals surface area contributed by atoms with Crippen molar-refractivity contribution in [2.75, 3.05) is 26.2 Å². The highest BCUT2D eigenvalue weighted by Gasteiger charge is 2.29. The number of hydrogen-bond acceptors (Lipinski definition) is 4. The molecule has 1 aliphatic carbocycles. The van der Waals surface area contributed by atoms with E-state index in [1.54, 1.807) is 35.5 Å². The quantitative estimate of drug-likeness (QED) is 0.667. The second kappa shape index (κ2) is 9.75. The number of nitrogens with zero attached hydrogens (tertiary/aromatic N) is 3. The molecule has 1 aromatic heterocycles. The van der Waals surface area contributed by atoms with Crippen LogP contribution in [-0.2, 0) is 14.8 Å². The van der Waals surface area contributed by atoms with Crippen LogP contribution in [0.3, 0.4) is 0 Å². The lowest BCUT2D eigenvalue weighted by molar-refractivity contribution is -0.127. The van der Waals surface area contributed by atoms with Crippen LogP contribution in [0.1, 0.15) is 49.1 Å². The number of pyridine rings is 1. The Labute approximate surface area is 184 Å². The van der Waals surface area contributed by atoms with Crippen LogP contribution < -0.4 is 0 Å². The Morgan fingerprint density at radius 1 is 0.968 bits per heavy atom. The van der Waals surface area contributed by atoms with E-state index in [0.29, 0.717) is 37.0 Å². The summed E-state index contributed by atoms with van der Waals surface area (Å²) < 4.78 is 27.6. The molecule has 6 nitrogen and oxygen atoms in total. The standard InChI is InChI=1S/C24H29N3O3S/c28-24(13-8-20-5-4-14-25-19-20)26-15-17-27(18-16-26)31(29,30)23-11-9-22(10-12-23)21-6-2-1-3-7-21/h4-5,8-14,19,21H,1-3,6-7,15-18H2/b13-8+. The minimum atomic E-state index is -3.54. The van der Waals surface area contributed by atoms with Crippen molar-refractivity contribution < 1.29 is 13.2 Å². The number of hydrogen-bond donors (Lipinski definition) is 0. The highest BCUT2D eigenvalue weighted by atomic mass is 32.2. The molecule has 4 rings (SSSR count). The molecule has 7 heteroatoms. The van der Waals surface area contributed by atoms with Crippen molar-refractivity contribution in [2.45, 2.75) is 42.9 Å². The van der Waals surface area contributed by atoms with Crippen molar-refractivity contribution in [3.05, 3.63) is 66.0 Å². The molecule has 1 amide bonds. The molecule has 0 radical (unpaired) electrons. The fraction of sp³-hybridized carbons (Fsp3) is 0.417. The van der Waals surface area contributed by atoms with Gasteiger partial charge in [0.25, 0.3) is 0 Å². The second-order valence-electron chi connectivity index (χ2n) is 8.25. The average molecular weight is 440 g/mol. The van der Waals surface area contributed by atoms with Crippen molar-refractivity contribution in [3.8, 4) is 0 Å². The van der Waals surface area contributed by atoms with Crippen molar-refractivity contribution in [1.29, 1.82) is 0 Å². The first-order chi connectivity index (χ1) is 15.0. The number of sulfonamides is 1. The van der Waals surface area contributed by atoms with Crippen molar-refractivity contribution in [1.82, 2.24) is 14.2 Å². The highest BCUT2D eigenvalue weighted by molar-refractivity contribution is 7.89. The zero-order chi connectivity index (χ0) is 21.7. The van der Waals surface area contributed by atoms with E-state index in [4.69, 9.17) is 0 Å². The molecule has 0 spiro atoms. The highest BCUT2D eigenvalue weighted by Crippen LogP contribution is 2.33. The number of piperazine rings is 1. The van der Waals surface area contributed by atoms with Gasteiger partial charge in [-0.3, -0.25) is 9.78 Å². The number of carbonyl (C=O) groups is 1. The summed E-state index contributed by atoms with van der Waals surface area (Å²) in [5, 5.41) is 0. The Kier molecular flexibility index (Phi) is 6.83. The molecule has 2 fully saturated rings. The SMILES string of the molecule is O=C(/C=C/c1cccnc1)N1CCN(S(=O)(=O)c2ccc(C3CCCCC3)cc2)CC1. The van der Waals surface area contributed by atoms with E-state index in [2.05, 4.69) is 4.98 Å². The summed E-state index contributed by atoms with van der Waals surface area (Å²) in [6.45, 7) is 1.38. The molecule has 1 saturated carbocycles. The summed E-state index contributed by atoms with van der Waals surface area (Å²) in [7, 11) is -3.54. The zero-order valence-electron chi connectivity index (χ0n) is 17.7. The van der Waals surface area contributed by atoms with Gasteiger partial charge in [-0.2, -0.15) is 4.31 Å². The minimum absolute atomic E-state index is 0.113. The first kappa shape index (κ1) is 21.7. The van der Waals surface area contributed by atoms with Gasteiger partial charge in [0.05, 0.1) is 4.90 Å². The molecule has 164 valence electrons. The van der Waals surface area contributed by atoms with Crippen LogP contribution in [0.15, 0.2) is 59.8 Å². The fourth-order valence-corrected chi connectivity index (χ4v) is 5.82. The van der Waals surface area contributed by atoms with E-state index in [1.807, 2.05) is 24.3 Å². The summed E-state index contributed by atoms with van der Waals surface area (Å²) >= 11 is 0. The van der Waals surface area contributed by atoms with Crippen molar-refractivity contribution in [3.63, 3.8) is 0 Å². The molecule has 1 aliphatic heterocycles. The smallest absolute Gasteiger partial charge is 0.246 e. The lowest BCUT2D eigenvalue weighted by atomic mass is 9.84.